The lowest BCUT2D eigenvalue weighted by Crippen LogP contribution is -2.24. The molecule has 0 atom stereocenters. The Balaban J connectivity index is 1.70. The molecule has 0 bridgehead atoms. The number of benzene rings is 1. The van der Waals surface area contributed by atoms with Crippen molar-refractivity contribution >= 4 is 51.0 Å². The van der Waals surface area contributed by atoms with E-state index in [1.807, 2.05) is 26.8 Å². The molecule has 0 fully saturated rings. The Hall–Kier alpha value is -4.47. The zero-order valence-corrected chi connectivity index (χ0v) is 25.6. The highest BCUT2D eigenvalue weighted by atomic mass is 35.5. The molecule has 3 aromatic heterocycles. The summed E-state index contributed by atoms with van der Waals surface area (Å²) in [6, 6.07) is 6.97. The number of nitrogens with zero attached hydrogens (tertiary/aromatic N) is 5. The van der Waals surface area contributed by atoms with E-state index in [0.717, 1.165) is 0 Å². The van der Waals surface area contributed by atoms with Crippen molar-refractivity contribution in [2.24, 2.45) is 5.41 Å². The van der Waals surface area contributed by atoms with Crippen LogP contribution >= 0.6 is 22.9 Å². The fourth-order valence-corrected chi connectivity index (χ4v) is 5.19. The van der Waals surface area contributed by atoms with Gasteiger partial charge in [0.1, 0.15) is 28.8 Å². The van der Waals surface area contributed by atoms with Crippen LogP contribution in [0.4, 0.5) is 11.1 Å². The van der Waals surface area contributed by atoms with Gasteiger partial charge in [-0.2, -0.15) is 10.2 Å². The average molecular weight is 608 g/mol. The van der Waals surface area contributed by atoms with Gasteiger partial charge in [0, 0.05) is 54.2 Å². The number of amides is 1. The van der Waals surface area contributed by atoms with Crippen molar-refractivity contribution in [3.8, 4) is 28.7 Å². The number of rotatable bonds is 9. The number of aryl methyl sites for hydroxylation is 2. The monoisotopic (exact) mass is 607 g/mol. The van der Waals surface area contributed by atoms with Gasteiger partial charge in [0.15, 0.2) is 5.13 Å². The Kier molecular flexibility index (Phi) is 9.14. The molecule has 0 saturated carbocycles. The smallest absolute Gasteiger partial charge is 0.267 e. The fourth-order valence-electron chi connectivity index (χ4n) is 4.17. The zero-order chi connectivity index (χ0) is 30.6. The maximum absolute atomic E-state index is 14.0. The molecule has 0 aliphatic rings. The Morgan fingerprint density at radius 3 is 2.60 bits per heavy atom. The quantitative estimate of drug-likeness (QED) is 0.191. The lowest BCUT2D eigenvalue weighted by Gasteiger charge is -2.15. The summed E-state index contributed by atoms with van der Waals surface area (Å²) < 4.78 is 12.4. The molecule has 11 nitrogen and oxygen atoms in total. The number of carbonyl (C=O) groups excluding carboxylic acids is 1. The van der Waals surface area contributed by atoms with Gasteiger partial charge >= 0.3 is 0 Å². The van der Waals surface area contributed by atoms with Crippen LogP contribution < -0.4 is 25.7 Å². The van der Waals surface area contributed by atoms with E-state index in [9.17, 15) is 14.9 Å². The topological polar surface area (TPSA) is 144 Å². The van der Waals surface area contributed by atoms with Crippen molar-refractivity contribution in [1.29, 1.82) is 5.26 Å². The summed E-state index contributed by atoms with van der Waals surface area (Å²) in [5.74, 6) is 0.686. The van der Waals surface area contributed by atoms with Crippen molar-refractivity contribution in [1.82, 2.24) is 19.5 Å². The first kappa shape index (κ1) is 30.5. The number of ether oxygens (including phenoxy) is 2. The molecule has 2 N–H and O–H groups in total. The summed E-state index contributed by atoms with van der Waals surface area (Å²) in [7, 11) is 4.70. The van der Waals surface area contributed by atoms with Crippen LogP contribution in [0, 0.1) is 16.7 Å². The van der Waals surface area contributed by atoms with Crippen LogP contribution in [-0.2, 0) is 17.8 Å². The molecule has 0 saturated heterocycles. The number of hydrogen-bond donors (Lipinski definition) is 2. The van der Waals surface area contributed by atoms with Crippen LogP contribution in [0.5, 0.6) is 11.5 Å². The molecule has 0 aliphatic heterocycles. The zero-order valence-electron chi connectivity index (χ0n) is 24.0. The highest BCUT2D eigenvalue weighted by Crippen LogP contribution is 2.38. The molecule has 0 unspecified atom stereocenters. The van der Waals surface area contributed by atoms with E-state index in [1.54, 1.807) is 47.5 Å². The van der Waals surface area contributed by atoms with E-state index < -0.39 is 5.91 Å². The summed E-state index contributed by atoms with van der Waals surface area (Å²) in [5.41, 5.74) is 1.22. The maximum Gasteiger partial charge on any atom is 0.267 e. The van der Waals surface area contributed by atoms with Crippen LogP contribution in [-0.4, -0.2) is 46.7 Å². The van der Waals surface area contributed by atoms with Crippen LogP contribution in [0.2, 0.25) is 5.02 Å². The molecule has 1 amide bonds. The first-order chi connectivity index (χ1) is 20.0. The van der Waals surface area contributed by atoms with Crippen molar-refractivity contribution in [3.05, 3.63) is 62.5 Å². The number of thiazole rings is 1. The first-order valence-electron chi connectivity index (χ1n) is 12.9. The number of fused-ring (bicyclic) bond motifs is 1. The van der Waals surface area contributed by atoms with E-state index in [4.69, 9.17) is 21.1 Å². The van der Waals surface area contributed by atoms with Gasteiger partial charge < -0.3 is 14.8 Å². The first-order valence-corrected chi connectivity index (χ1v) is 14.1. The predicted molar refractivity (Wildman–Crippen MR) is 164 cm³/mol. The highest BCUT2D eigenvalue weighted by Gasteiger charge is 2.20. The second-order valence-electron chi connectivity index (χ2n) is 10.3. The Labute approximate surface area is 251 Å². The summed E-state index contributed by atoms with van der Waals surface area (Å²) in [4.78, 5) is 39.9. The highest BCUT2D eigenvalue weighted by molar-refractivity contribution is 7.14. The molecule has 13 heteroatoms. The number of nitriles is 1. The molecule has 218 valence electrons. The third kappa shape index (κ3) is 6.70. The molecule has 42 heavy (non-hydrogen) atoms. The number of halogens is 1. The minimum Gasteiger partial charge on any atom is -0.497 e. The molecule has 1 aromatic carbocycles. The molecule has 4 aromatic rings. The Bertz CT molecular complexity index is 1780. The van der Waals surface area contributed by atoms with Crippen molar-refractivity contribution in [3.63, 3.8) is 0 Å². The molecule has 4 rings (SSSR count). The molecular formula is C29H30ClN7O4S. The predicted octanol–water partition coefficient (Wildman–Crippen LogP) is 5.30. The minimum absolute atomic E-state index is 0.0157. The van der Waals surface area contributed by atoms with Gasteiger partial charge in [-0.3, -0.25) is 19.5 Å². The van der Waals surface area contributed by atoms with Crippen molar-refractivity contribution in [2.75, 3.05) is 31.9 Å². The summed E-state index contributed by atoms with van der Waals surface area (Å²) >= 11 is 7.88. The largest absolute Gasteiger partial charge is 0.497 e. The minimum atomic E-state index is -0.523. The van der Waals surface area contributed by atoms with Crippen LogP contribution in [0.15, 0.2) is 46.2 Å². The molecule has 0 spiro atoms. The lowest BCUT2D eigenvalue weighted by atomic mass is 9.93. The van der Waals surface area contributed by atoms with Crippen LogP contribution in [0.25, 0.3) is 22.2 Å². The molecule has 3 heterocycles. The average Bonchev–Trinajstić information content (AvgIpc) is 3.41. The molecular weight excluding hydrogens is 578 g/mol. The van der Waals surface area contributed by atoms with Gasteiger partial charge in [-0.05, 0) is 17.5 Å². The second kappa shape index (κ2) is 12.6. The summed E-state index contributed by atoms with van der Waals surface area (Å²) in [5, 5.41) is 18.1. The number of allylic oxidation sites excluding steroid dienone is 1. The van der Waals surface area contributed by atoms with Crippen molar-refractivity contribution < 1.29 is 14.3 Å². The summed E-state index contributed by atoms with van der Waals surface area (Å²) in [6.07, 6.45) is 3.61. The fraction of sp³-hybridized carbons (Fsp3) is 0.310. The number of nitrogens with one attached hydrogen (secondary N) is 2. The maximum atomic E-state index is 14.0. The second-order valence-corrected chi connectivity index (χ2v) is 11.5. The third-order valence-electron chi connectivity index (χ3n) is 6.12. The van der Waals surface area contributed by atoms with Gasteiger partial charge in [0.2, 0.25) is 5.95 Å². The van der Waals surface area contributed by atoms with Crippen LogP contribution in [0.1, 0.15) is 26.5 Å². The SMILES string of the molecule is CNc1ncc2cc(-c3cc(OC)cc(OC)c3Cl)c(=O)n(CCc3csc(NC(=O)C(C#N)=CC(C)(C)C)n3)c2n1. The van der Waals surface area contributed by atoms with Crippen LogP contribution in [0.3, 0.4) is 0 Å². The number of pyridine rings is 1. The van der Waals surface area contributed by atoms with E-state index in [1.165, 1.54) is 25.6 Å². The van der Waals surface area contributed by atoms with Gasteiger partial charge in [-0.1, -0.05) is 38.4 Å². The number of anilines is 2. The number of aromatic nitrogens is 4. The lowest BCUT2D eigenvalue weighted by molar-refractivity contribution is -0.112. The van der Waals surface area contributed by atoms with Gasteiger partial charge in [-0.15, -0.1) is 11.3 Å². The normalized spacial score (nSPS) is 11.7. The third-order valence-corrected chi connectivity index (χ3v) is 7.31. The number of carbonyl (C=O) groups is 1. The van der Waals surface area contributed by atoms with E-state index in [-0.39, 0.29) is 28.1 Å². The number of hydrogen-bond acceptors (Lipinski definition) is 10. The number of methoxy groups -OCH3 is 2. The standard InChI is InChI=1S/C29H30ClN7O4S/c1-29(2,3)12-17(13-31)25(38)36-28-34-18(15-42-28)7-8-37-24-16(14-33-27(32-4)35-24)9-21(26(37)39)20-10-19(40-5)11-22(41-6)23(20)30/h9-12,14-15H,7-8H2,1-6H3,(H,32,33,35)(H,34,36,38). The van der Waals surface area contributed by atoms with E-state index in [0.29, 0.717) is 56.9 Å². The Morgan fingerprint density at radius 2 is 1.95 bits per heavy atom. The molecule has 0 aliphatic carbocycles. The van der Waals surface area contributed by atoms with Gasteiger partial charge in [-0.25, -0.2) is 9.97 Å². The van der Waals surface area contributed by atoms with E-state index in [2.05, 4.69) is 25.6 Å². The molecule has 0 radical (unpaired) electrons. The van der Waals surface area contributed by atoms with E-state index >= 15 is 0 Å². The van der Waals surface area contributed by atoms with Gasteiger partial charge in [0.25, 0.3) is 11.5 Å². The Morgan fingerprint density at radius 1 is 1.19 bits per heavy atom. The van der Waals surface area contributed by atoms with Gasteiger partial charge in [0.05, 0.1) is 24.9 Å². The summed E-state index contributed by atoms with van der Waals surface area (Å²) in [6.45, 7) is 5.95. The van der Waals surface area contributed by atoms with Crippen molar-refractivity contribution in [2.45, 2.75) is 33.7 Å².